The van der Waals surface area contributed by atoms with Gasteiger partial charge in [-0.15, -0.1) is 0 Å². The molecule has 1 amide bonds. The zero-order chi connectivity index (χ0) is 17.7. The number of carbonyl (C=O) groups excluding carboxylic acids is 1. The quantitative estimate of drug-likeness (QED) is 0.824. The van der Waals surface area contributed by atoms with Gasteiger partial charge in [0.2, 0.25) is 0 Å². The van der Waals surface area contributed by atoms with Crippen LogP contribution in [0.5, 0.6) is 0 Å². The van der Waals surface area contributed by atoms with Crippen LogP contribution in [0.25, 0.3) is 0 Å². The van der Waals surface area contributed by atoms with E-state index >= 15 is 0 Å². The van der Waals surface area contributed by atoms with Gasteiger partial charge in [0.15, 0.2) is 0 Å². The lowest BCUT2D eigenvalue weighted by Crippen LogP contribution is -2.21. The van der Waals surface area contributed by atoms with Crippen molar-refractivity contribution in [2.45, 2.75) is 24.8 Å². The van der Waals surface area contributed by atoms with Gasteiger partial charge in [0.05, 0.1) is 10.6 Å². The molecule has 2 N–H and O–H groups in total. The normalized spacial score (nSPS) is 11.1. The number of carbonyl (C=O) groups is 1. The molecule has 1 heterocycles. The number of hydrogen-bond acceptors (Lipinski definition) is 4. The zero-order valence-corrected chi connectivity index (χ0v) is 14.3. The fraction of sp³-hybridized carbons (Fsp3) is 0.250. The lowest BCUT2D eigenvalue weighted by atomic mass is 10.2. The average Bonchev–Trinajstić information content (AvgIpc) is 2.57. The number of hydrogen-bond donors (Lipinski definition) is 2. The number of amides is 1. The van der Waals surface area contributed by atoms with Crippen molar-refractivity contribution < 1.29 is 13.2 Å². The molecule has 0 aliphatic heterocycles. The van der Waals surface area contributed by atoms with E-state index in [9.17, 15) is 18.0 Å². The number of sulfonamides is 1. The lowest BCUT2D eigenvalue weighted by Gasteiger charge is -2.11. The Morgan fingerprint density at radius 2 is 1.79 bits per heavy atom. The first-order chi connectivity index (χ1) is 11.4. The summed E-state index contributed by atoms with van der Waals surface area (Å²) in [6.07, 6.45) is 2.24. The molecule has 2 rings (SSSR count). The number of aromatic nitrogens is 1. The van der Waals surface area contributed by atoms with Crippen LogP contribution >= 0.6 is 0 Å². The van der Waals surface area contributed by atoms with Gasteiger partial charge in [-0.25, -0.2) is 8.42 Å². The van der Waals surface area contributed by atoms with Crippen molar-refractivity contribution in [1.82, 2.24) is 9.88 Å². The Morgan fingerprint density at radius 3 is 2.38 bits per heavy atom. The van der Waals surface area contributed by atoms with Crippen LogP contribution in [0, 0.1) is 0 Å². The van der Waals surface area contributed by atoms with E-state index in [1.165, 1.54) is 54.2 Å². The highest BCUT2D eigenvalue weighted by Gasteiger charge is 2.15. The van der Waals surface area contributed by atoms with E-state index < -0.39 is 10.0 Å². The van der Waals surface area contributed by atoms with E-state index in [0.717, 1.165) is 6.42 Å². The minimum atomic E-state index is -3.80. The number of rotatable bonds is 6. The number of anilines is 1. The van der Waals surface area contributed by atoms with E-state index in [2.05, 4.69) is 10.0 Å². The van der Waals surface area contributed by atoms with Crippen LogP contribution in [0.15, 0.2) is 52.3 Å². The summed E-state index contributed by atoms with van der Waals surface area (Å²) in [6, 6.07) is 8.33. The Bertz CT molecular complexity index is 886. The molecular weight excluding hydrogens is 330 g/mol. The molecule has 0 saturated heterocycles. The minimum absolute atomic E-state index is 0.0309. The third kappa shape index (κ3) is 4.02. The number of benzene rings is 1. The molecule has 0 unspecified atom stereocenters. The Morgan fingerprint density at radius 1 is 1.12 bits per heavy atom. The van der Waals surface area contributed by atoms with Gasteiger partial charge in [0.1, 0.15) is 0 Å². The van der Waals surface area contributed by atoms with Crippen molar-refractivity contribution in [2.75, 3.05) is 11.8 Å². The molecule has 1 aromatic carbocycles. The van der Waals surface area contributed by atoms with E-state index in [1.54, 1.807) is 0 Å². The minimum Gasteiger partial charge on any atom is -0.355 e. The molecule has 0 atom stereocenters. The van der Waals surface area contributed by atoms with E-state index in [1.807, 2.05) is 6.92 Å². The molecule has 0 fully saturated rings. The lowest BCUT2D eigenvalue weighted by molar-refractivity contribution is 0.0963. The Labute approximate surface area is 140 Å². The average molecular weight is 349 g/mol. The second kappa shape index (κ2) is 7.31. The van der Waals surface area contributed by atoms with Crippen LogP contribution in [0.2, 0.25) is 0 Å². The van der Waals surface area contributed by atoms with Gasteiger partial charge in [-0.3, -0.25) is 14.3 Å². The first-order valence-corrected chi connectivity index (χ1v) is 8.91. The van der Waals surface area contributed by atoms with Crippen LogP contribution in [0.3, 0.4) is 0 Å². The van der Waals surface area contributed by atoms with E-state index in [0.29, 0.717) is 17.8 Å². The summed E-state index contributed by atoms with van der Waals surface area (Å²) >= 11 is 0. The third-order valence-electron chi connectivity index (χ3n) is 3.35. The maximum absolute atomic E-state index is 12.4. The smallest absolute Gasteiger partial charge is 0.261 e. The van der Waals surface area contributed by atoms with Crippen molar-refractivity contribution in [2.24, 2.45) is 0 Å². The fourth-order valence-electron chi connectivity index (χ4n) is 2.15. The first kappa shape index (κ1) is 17.7. The summed E-state index contributed by atoms with van der Waals surface area (Å²) in [7, 11) is -2.30. The fourth-order valence-corrected chi connectivity index (χ4v) is 3.19. The van der Waals surface area contributed by atoms with Crippen LogP contribution in [-0.2, 0) is 16.6 Å². The summed E-state index contributed by atoms with van der Waals surface area (Å²) in [5.41, 5.74) is 0.487. The Balaban J connectivity index is 2.26. The van der Waals surface area contributed by atoms with E-state index in [-0.39, 0.29) is 16.4 Å². The molecule has 128 valence electrons. The highest BCUT2D eigenvalue weighted by Crippen LogP contribution is 2.16. The van der Waals surface area contributed by atoms with Crippen molar-refractivity contribution in [3.8, 4) is 0 Å². The van der Waals surface area contributed by atoms with Crippen LogP contribution in [0.1, 0.15) is 23.7 Å². The SMILES string of the molecule is CCCn1cc(NS(=O)(=O)c2ccc(C(=O)NC)cc2)ccc1=O. The molecule has 0 bridgehead atoms. The number of pyridine rings is 1. The topological polar surface area (TPSA) is 97.3 Å². The molecule has 0 aliphatic carbocycles. The zero-order valence-electron chi connectivity index (χ0n) is 13.4. The number of nitrogens with one attached hydrogen (secondary N) is 2. The molecule has 1 aromatic heterocycles. The molecule has 2 aromatic rings. The standard InChI is InChI=1S/C16H19N3O4S/c1-3-10-19-11-13(6-9-15(19)20)18-24(22,23)14-7-4-12(5-8-14)16(21)17-2/h4-9,11,18H,3,10H2,1-2H3,(H,17,21). The molecule has 7 nitrogen and oxygen atoms in total. The largest absolute Gasteiger partial charge is 0.355 e. The highest BCUT2D eigenvalue weighted by atomic mass is 32.2. The van der Waals surface area contributed by atoms with Gasteiger partial charge in [0, 0.05) is 31.4 Å². The third-order valence-corrected chi connectivity index (χ3v) is 4.75. The monoisotopic (exact) mass is 349 g/mol. The van der Waals surface area contributed by atoms with Crippen LogP contribution in [0.4, 0.5) is 5.69 Å². The van der Waals surface area contributed by atoms with Gasteiger partial charge < -0.3 is 9.88 Å². The van der Waals surface area contributed by atoms with Crippen LogP contribution in [-0.4, -0.2) is 25.9 Å². The molecule has 0 spiro atoms. The van der Waals surface area contributed by atoms with Gasteiger partial charge >= 0.3 is 0 Å². The van der Waals surface area contributed by atoms with Crippen molar-refractivity contribution >= 4 is 21.6 Å². The van der Waals surface area contributed by atoms with Gasteiger partial charge in [-0.1, -0.05) is 6.92 Å². The summed E-state index contributed by atoms with van der Waals surface area (Å²) < 4.78 is 28.7. The molecule has 0 aliphatic rings. The predicted octanol–water partition coefficient (Wildman–Crippen LogP) is 1.42. The Hall–Kier alpha value is -2.61. The first-order valence-electron chi connectivity index (χ1n) is 7.43. The maximum Gasteiger partial charge on any atom is 0.261 e. The molecule has 8 heteroatoms. The predicted molar refractivity (Wildman–Crippen MR) is 91.6 cm³/mol. The van der Waals surface area contributed by atoms with Crippen molar-refractivity contribution in [3.05, 3.63) is 58.5 Å². The van der Waals surface area contributed by atoms with Crippen LogP contribution < -0.4 is 15.6 Å². The second-order valence-electron chi connectivity index (χ2n) is 5.16. The van der Waals surface area contributed by atoms with Gasteiger partial charge in [-0.05, 0) is 36.8 Å². The molecule has 24 heavy (non-hydrogen) atoms. The van der Waals surface area contributed by atoms with Crippen molar-refractivity contribution in [3.63, 3.8) is 0 Å². The second-order valence-corrected chi connectivity index (χ2v) is 6.84. The summed E-state index contributed by atoms with van der Waals surface area (Å²) in [6.45, 7) is 2.44. The summed E-state index contributed by atoms with van der Waals surface area (Å²) in [5, 5.41) is 2.47. The Kier molecular flexibility index (Phi) is 5.40. The number of aryl methyl sites for hydroxylation is 1. The highest BCUT2D eigenvalue weighted by molar-refractivity contribution is 7.92. The van der Waals surface area contributed by atoms with Gasteiger partial charge in [0.25, 0.3) is 21.5 Å². The molecule has 0 radical (unpaired) electrons. The molecular formula is C16H19N3O4S. The summed E-state index contributed by atoms with van der Waals surface area (Å²) in [5.74, 6) is -0.293. The molecule has 0 saturated carbocycles. The van der Waals surface area contributed by atoms with E-state index in [4.69, 9.17) is 0 Å². The van der Waals surface area contributed by atoms with Crippen molar-refractivity contribution in [1.29, 1.82) is 0 Å². The summed E-state index contributed by atoms with van der Waals surface area (Å²) in [4.78, 5) is 23.2. The maximum atomic E-state index is 12.4. The number of nitrogens with zero attached hydrogens (tertiary/aromatic N) is 1. The van der Waals surface area contributed by atoms with Gasteiger partial charge in [-0.2, -0.15) is 0 Å².